The number of nitrogens with zero attached hydrogens (tertiary/aromatic N) is 3. The quantitative estimate of drug-likeness (QED) is 0.180. The second-order valence-electron chi connectivity index (χ2n) is 19.8. The summed E-state index contributed by atoms with van der Waals surface area (Å²) < 4.78 is 2.59. The fourth-order valence-electron chi connectivity index (χ4n) is 15.3. The molecule has 8 aromatic rings. The van der Waals surface area contributed by atoms with Crippen LogP contribution in [0.2, 0.25) is 0 Å². The van der Waals surface area contributed by atoms with Gasteiger partial charge in [0, 0.05) is 32.7 Å². The molecule has 3 nitrogen and oxygen atoms in total. The summed E-state index contributed by atoms with van der Waals surface area (Å²) in [6.45, 7) is 0. The Labute approximate surface area is 345 Å². The van der Waals surface area contributed by atoms with Gasteiger partial charge in [0.15, 0.2) is 0 Å². The van der Waals surface area contributed by atoms with Crippen LogP contribution in [0.1, 0.15) is 121 Å². The number of hydrogen-bond donors (Lipinski definition) is 0. The molecule has 8 bridgehead atoms. The van der Waals surface area contributed by atoms with Crippen LogP contribution in [0.15, 0.2) is 103 Å². The number of nitriles is 2. The Kier molecular flexibility index (Phi) is 6.63. The van der Waals surface area contributed by atoms with Gasteiger partial charge < -0.3 is 4.40 Å². The molecule has 3 heteroatoms. The number of fused-ring (bicyclic) bond motifs is 6. The lowest BCUT2D eigenvalue weighted by Gasteiger charge is -2.38. The summed E-state index contributed by atoms with van der Waals surface area (Å²) in [4.78, 5) is 0. The van der Waals surface area contributed by atoms with Gasteiger partial charge in [0.1, 0.15) is 0 Å². The SMILES string of the molecule is N#Cc1cc2c(c3c1C1CC4CC(C1)CC3C4)c1c(-c3ccccc3)c(-c3ccccc3)c(-c3ccccc3)c3c4c5c(c(C#N)cc4n2c13)C1CC2CC(C1)CC5C2. The molecule has 0 N–H and O–H groups in total. The van der Waals surface area contributed by atoms with Crippen LogP contribution >= 0.6 is 0 Å². The third-order valence-electron chi connectivity index (χ3n) is 16.8. The Morgan fingerprint density at radius 1 is 0.390 bits per heavy atom. The summed E-state index contributed by atoms with van der Waals surface area (Å²) >= 11 is 0. The highest BCUT2D eigenvalue weighted by molar-refractivity contribution is 6.35. The zero-order chi connectivity index (χ0) is 38.7. The molecule has 6 aromatic carbocycles. The van der Waals surface area contributed by atoms with Crippen LogP contribution in [0.4, 0.5) is 0 Å². The van der Waals surface area contributed by atoms with Crippen LogP contribution < -0.4 is 0 Å². The van der Waals surface area contributed by atoms with Crippen LogP contribution in [0.3, 0.4) is 0 Å². The molecule has 4 atom stereocenters. The van der Waals surface area contributed by atoms with Crippen LogP contribution in [0.5, 0.6) is 0 Å². The molecule has 16 rings (SSSR count). The van der Waals surface area contributed by atoms with Crippen LogP contribution in [0, 0.1) is 46.3 Å². The largest absolute Gasteiger partial charge is 0.308 e. The monoisotopic (exact) mass is 759 g/mol. The average molecular weight is 760 g/mol. The smallest absolute Gasteiger partial charge is 0.0995 e. The predicted molar refractivity (Wildman–Crippen MR) is 238 cm³/mol. The van der Waals surface area contributed by atoms with Gasteiger partial charge in [-0.1, -0.05) is 91.0 Å². The normalized spacial score (nSPS) is 27.3. The molecule has 0 amide bonds. The van der Waals surface area contributed by atoms with Gasteiger partial charge >= 0.3 is 0 Å². The Morgan fingerprint density at radius 3 is 1.08 bits per heavy atom. The molecule has 0 aliphatic heterocycles. The lowest BCUT2D eigenvalue weighted by Crippen LogP contribution is -2.25. The molecule has 2 aromatic heterocycles. The van der Waals surface area contributed by atoms with E-state index in [0.717, 1.165) is 34.8 Å². The van der Waals surface area contributed by atoms with E-state index in [9.17, 15) is 10.5 Å². The van der Waals surface area contributed by atoms with Crippen molar-refractivity contribution in [2.45, 2.75) is 87.9 Å². The molecule has 4 unspecified atom stereocenters. The summed E-state index contributed by atoms with van der Waals surface area (Å²) in [7, 11) is 0. The summed E-state index contributed by atoms with van der Waals surface area (Å²) in [6, 6.07) is 43.9. The topological polar surface area (TPSA) is 52.0 Å². The Hall–Kier alpha value is -5.90. The van der Waals surface area contributed by atoms with Gasteiger partial charge in [-0.25, -0.2) is 0 Å². The van der Waals surface area contributed by atoms with Gasteiger partial charge in [0.25, 0.3) is 0 Å². The zero-order valence-electron chi connectivity index (χ0n) is 33.3. The minimum absolute atomic E-state index is 0.442. The fourth-order valence-corrected chi connectivity index (χ4v) is 15.3. The first kappa shape index (κ1) is 33.0. The summed E-state index contributed by atoms with van der Waals surface area (Å²) in [5.74, 6) is 4.73. The van der Waals surface area contributed by atoms with E-state index in [-0.39, 0.29) is 0 Å². The summed E-state index contributed by atoms with van der Waals surface area (Å²) in [6.07, 6.45) is 12.5. The highest BCUT2D eigenvalue weighted by atomic mass is 14.9. The van der Waals surface area contributed by atoms with Crippen molar-refractivity contribution in [3.8, 4) is 45.5 Å². The first-order valence-corrected chi connectivity index (χ1v) is 22.6. The number of aromatic nitrogens is 1. The molecule has 59 heavy (non-hydrogen) atoms. The number of rotatable bonds is 3. The maximum atomic E-state index is 11.2. The minimum Gasteiger partial charge on any atom is -0.308 e. The van der Waals surface area contributed by atoms with Gasteiger partial charge in [0.2, 0.25) is 0 Å². The second-order valence-corrected chi connectivity index (χ2v) is 19.8. The highest BCUT2D eigenvalue weighted by Gasteiger charge is 2.47. The van der Waals surface area contributed by atoms with E-state index < -0.39 is 0 Å². The van der Waals surface area contributed by atoms with Crippen molar-refractivity contribution < 1.29 is 0 Å². The Balaban J connectivity index is 1.30. The highest BCUT2D eigenvalue weighted by Crippen LogP contribution is 2.64. The summed E-state index contributed by atoms with van der Waals surface area (Å²) in [5, 5.41) is 27.9. The Bertz CT molecular complexity index is 2960. The van der Waals surface area contributed by atoms with Gasteiger partial charge in [-0.3, -0.25) is 0 Å². The van der Waals surface area contributed by atoms with Crippen molar-refractivity contribution in [2.75, 3.05) is 0 Å². The van der Waals surface area contributed by atoms with E-state index in [2.05, 4.69) is 120 Å². The molecule has 8 aliphatic carbocycles. The van der Waals surface area contributed by atoms with E-state index in [1.807, 2.05) is 0 Å². The van der Waals surface area contributed by atoms with Crippen molar-refractivity contribution in [1.82, 2.24) is 4.40 Å². The van der Waals surface area contributed by atoms with Crippen molar-refractivity contribution in [3.63, 3.8) is 0 Å². The van der Waals surface area contributed by atoms with E-state index in [4.69, 9.17) is 0 Å². The lowest BCUT2D eigenvalue weighted by atomic mass is 9.67. The molecule has 4 saturated carbocycles. The van der Waals surface area contributed by atoms with Gasteiger partial charge in [0.05, 0.1) is 39.8 Å². The number of benzene rings is 6. The van der Waals surface area contributed by atoms with Crippen LogP contribution in [-0.4, -0.2) is 4.40 Å². The van der Waals surface area contributed by atoms with Crippen molar-refractivity contribution in [2.24, 2.45) is 23.7 Å². The Morgan fingerprint density at radius 2 is 0.729 bits per heavy atom. The third kappa shape index (κ3) is 4.31. The van der Waals surface area contributed by atoms with E-state index >= 15 is 0 Å². The second kappa shape index (κ2) is 11.9. The molecule has 284 valence electrons. The van der Waals surface area contributed by atoms with Crippen molar-refractivity contribution in [3.05, 3.63) is 137 Å². The van der Waals surface area contributed by atoms with Gasteiger partial charge in [-0.2, -0.15) is 10.5 Å². The van der Waals surface area contributed by atoms with Crippen LogP contribution in [0.25, 0.3) is 71.5 Å². The van der Waals surface area contributed by atoms with Crippen molar-refractivity contribution >= 4 is 38.1 Å². The third-order valence-corrected chi connectivity index (χ3v) is 16.8. The fraction of sp³-hybridized carbons (Fsp3) is 0.321. The molecule has 2 heterocycles. The van der Waals surface area contributed by atoms with Crippen LogP contribution in [-0.2, 0) is 0 Å². The minimum atomic E-state index is 0.442. The first-order valence-electron chi connectivity index (χ1n) is 22.6. The maximum absolute atomic E-state index is 11.2. The van der Waals surface area contributed by atoms with Gasteiger partial charge in [-0.05, 0) is 168 Å². The average Bonchev–Trinajstić information content (AvgIpc) is 3.64. The number of hydrogen-bond acceptors (Lipinski definition) is 2. The maximum Gasteiger partial charge on any atom is 0.0995 e. The van der Waals surface area contributed by atoms with E-state index in [0.29, 0.717) is 23.7 Å². The van der Waals surface area contributed by atoms with E-state index in [1.54, 1.807) is 0 Å². The first-order chi connectivity index (χ1) is 29.1. The molecule has 8 aliphatic rings. The standard InChI is InChI=1S/C56H45N3/c57-28-41-26-43-52(50-39-22-30-16-31(23-39)19-37(18-30)45(41)50)54-48(35-12-6-2-7-13-35)47(34-10-4-1-5-11-34)49(36-14-8-3-9-15-36)55-53-44(59(43)56(54)55)27-42(29-58)46-38-20-32-17-33(21-38)25-40(24-32)51(46)53/h1-15,26-27,30-33,37-40H,16-25H2. The van der Waals surface area contributed by atoms with Gasteiger partial charge in [-0.15, -0.1) is 0 Å². The molecule has 0 spiro atoms. The zero-order valence-corrected chi connectivity index (χ0v) is 33.3. The lowest BCUT2D eigenvalue weighted by molar-refractivity contribution is 0.166. The molecule has 0 saturated heterocycles. The molecular formula is C56H45N3. The molecule has 0 radical (unpaired) electrons. The van der Waals surface area contributed by atoms with E-state index in [1.165, 1.54) is 158 Å². The van der Waals surface area contributed by atoms with Crippen molar-refractivity contribution in [1.29, 1.82) is 10.5 Å². The predicted octanol–water partition coefficient (Wildman–Crippen LogP) is 14.4. The molecule has 4 fully saturated rings. The summed E-state index contributed by atoms with van der Waals surface area (Å²) in [5.41, 5.74) is 18.7. The molecular weight excluding hydrogens is 715 g/mol.